The highest BCUT2D eigenvalue weighted by atomic mass is 32.1. The molecule has 4 heteroatoms. The fourth-order valence-corrected chi connectivity index (χ4v) is 3.06. The van der Waals surface area contributed by atoms with Gasteiger partial charge in [-0.25, -0.2) is 4.98 Å². The van der Waals surface area contributed by atoms with E-state index in [-0.39, 0.29) is 0 Å². The number of nitrogens with zero attached hydrogens (tertiary/aromatic N) is 2. The lowest BCUT2D eigenvalue weighted by molar-refractivity contribution is 0.227. The Morgan fingerprint density at radius 2 is 2.31 bits per heavy atom. The standard InChI is InChI=1S/C12H21N3S/c1-4-15-7-5-6-11(8-15)14-12-13-9(2)10(3)16-12/h11H,4-8H2,1-3H3,(H,13,14). The van der Waals surface area contributed by atoms with Crippen LogP contribution >= 0.6 is 11.3 Å². The maximum atomic E-state index is 4.54. The Morgan fingerprint density at radius 3 is 2.94 bits per heavy atom. The Morgan fingerprint density at radius 1 is 1.50 bits per heavy atom. The third kappa shape index (κ3) is 2.74. The van der Waals surface area contributed by atoms with E-state index in [1.807, 2.05) is 0 Å². The van der Waals surface area contributed by atoms with Crippen molar-refractivity contribution < 1.29 is 0 Å². The van der Waals surface area contributed by atoms with Crippen LogP contribution in [0.5, 0.6) is 0 Å². The van der Waals surface area contributed by atoms with Gasteiger partial charge in [0.1, 0.15) is 0 Å². The molecular weight excluding hydrogens is 218 g/mol. The van der Waals surface area contributed by atoms with E-state index in [4.69, 9.17) is 0 Å². The number of rotatable bonds is 3. The fourth-order valence-electron chi connectivity index (χ4n) is 2.17. The van der Waals surface area contributed by atoms with E-state index in [1.54, 1.807) is 11.3 Å². The first kappa shape index (κ1) is 11.9. The number of anilines is 1. The second kappa shape index (κ2) is 5.15. The number of hydrogen-bond acceptors (Lipinski definition) is 4. The number of aromatic nitrogens is 1. The number of thiazole rings is 1. The molecule has 0 aromatic carbocycles. The first-order chi connectivity index (χ1) is 7.69. The predicted molar refractivity (Wildman–Crippen MR) is 70.3 cm³/mol. The number of hydrogen-bond donors (Lipinski definition) is 1. The molecule has 0 bridgehead atoms. The van der Waals surface area contributed by atoms with Crippen LogP contribution in [-0.4, -0.2) is 35.6 Å². The summed E-state index contributed by atoms with van der Waals surface area (Å²) in [6.45, 7) is 10.0. The lowest BCUT2D eigenvalue weighted by Crippen LogP contribution is -2.41. The van der Waals surface area contributed by atoms with Gasteiger partial charge < -0.3 is 10.2 Å². The van der Waals surface area contributed by atoms with Gasteiger partial charge in [-0.3, -0.25) is 0 Å². The average molecular weight is 239 g/mol. The molecule has 1 unspecified atom stereocenters. The first-order valence-corrected chi connectivity index (χ1v) is 6.93. The average Bonchev–Trinajstić information content (AvgIpc) is 2.58. The Hall–Kier alpha value is -0.610. The summed E-state index contributed by atoms with van der Waals surface area (Å²) in [5.74, 6) is 0. The minimum Gasteiger partial charge on any atom is -0.357 e. The van der Waals surface area contributed by atoms with E-state index in [0.29, 0.717) is 6.04 Å². The molecule has 0 radical (unpaired) electrons. The van der Waals surface area contributed by atoms with Gasteiger partial charge in [-0.15, -0.1) is 11.3 Å². The Labute approximate surface area is 102 Å². The molecule has 0 aliphatic carbocycles. The Bertz CT molecular complexity index is 329. The van der Waals surface area contributed by atoms with Crippen molar-refractivity contribution in [2.45, 2.75) is 39.7 Å². The molecule has 0 saturated carbocycles. The normalized spacial score (nSPS) is 22.3. The molecule has 90 valence electrons. The van der Waals surface area contributed by atoms with Crippen LogP contribution < -0.4 is 5.32 Å². The maximum absolute atomic E-state index is 4.54. The van der Waals surface area contributed by atoms with Crippen molar-refractivity contribution >= 4 is 16.5 Å². The van der Waals surface area contributed by atoms with E-state index in [9.17, 15) is 0 Å². The SMILES string of the molecule is CCN1CCCC(Nc2nc(C)c(C)s2)C1. The smallest absolute Gasteiger partial charge is 0.183 e. The van der Waals surface area contributed by atoms with Crippen LogP contribution in [0.25, 0.3) is 0 Å². The second-order valence-corrected chi connectivity index (χ2v) is 5.74. The zero-order chi connectivity index (χ0) is 11.5. The first-order valence-electron chi connectivity index (χ1n) is 6.12. The molecule has 1 saturated heterocycles. The van der Waals surface area contributed by atoms with E-state index >= 15 is 0 Å². The van der Waals surface area contributed by atoms with Crippen LogP contribution in [-0.2, 0) is 0 Å². The van der Waals surface area contributed by atoms with Gasteiger partial charge in [0.15, 0.2) is 5.13 Å². The summed E-state index contributed by atoms with van der Waals surface area (Å²) in [4.78, 5) is 8.38. The van der Waals surface area contributed by atoms with Gasteiger partial charge in [0.05, 0.1) is 5.69 Å². The fraction of sp³-hybridized carbons (Fsp3) is 0.750. The molecule has 0 spiro atoms. The Kier molecular flexibility index (Phi) is 3.82. The molecule has 1 N–H and O–H groups in total. The monoisotopic (exact) mass is 239 g/mol. The molecular formula is C12H21N3S. The van der Waals surface area contributed by atoms with Crippen LogP contribution in [0.2, 0.25) is 0 Å². The topological polar surface area (TPSA) is 28.2 Å². The molecule has 1 aromatic rings. The van der Waals surface area contributed by atoms with Crippen LogP contribution in [0.3, 0.4) is 0 Å². The molecule has 1 aliphatic rings. The van der Waals surface area contributed by atoms with Crippen molar-refractivity contribution in [3.05, 3.63) is 10.6 Å². The van der Waals surface area contributed by atoms with Crippen molar-refractivity contribution in [3.63, 3.8) is 0 Å². The third-order valence-electron chi connectivity index (χ3n) is 3.31. The largest absolute Gasteiger partial charge is 0.357 e. The van der Waals surface area contributed by atoms with E-state index in [1.165, 1.54) is 24.3 Å². The summed E-state index contributed by atoms with van der Waals surface area (Å²) in [6.07, 6.45) is 2.57. The lowest BCUT2D eigenvalue weighted by Gasteiger charge is -2.32. The quantitative estimate of drug-likeness (QED) is 0.879. The molecule has 1 atom stereocenters. The maximum Gasteiger partial charge on any atom is 0.183 e. The molecule has 1 aliphatic heterocycles. The molecule has 2 heterocycles. The predicted octanol–water partition coefficient (Wildman–Crippen LogP) is 2.66. The molecule has 1 fully saturated rings. The Balaban J connectivity index is 1.93. The van der Waals surface area contributed by atoms with Crippen molar-refractivity contribution in [1.82, 2.24) is 9.88 Å². The number of likely N-dealkylation sites (tertiary alicyclic amines) is 1. The van der Waals surface area contributed by atoms with Gasteiger partial charge in [-0.2, -0.15) is 0 Å². The van der Waals surface area contributed by atoms with Crippen molar-refractivity contribution in [2.24, 2.45) is 0 Å². The number of aryl methyl sites for hydroxylation is 2. The van der Waals surface area contributed by atoms with Gasteiger partial charge >= 0.3 is 0 Å². The van der Waals surface area contributed by atoms with Crippen molar-refractivity contribution in [2.75, 3.05) is 25.0 Å². The van der Waals surface area contributed by atoms with E-state index in [0.717, 1.165) is 23.9 Å². The summed E-state index contributed by atoms with van der Waals surface area (Å²) in [6, 6.07) is 0.582. The minimum absolute atomic E-state index is 0.582. The summed E-state index contributed by atoms with van der Waals surface area (Å²) >= 11 is 1.78. The van der Waals surface area contributed by atoms with Crippen LogP contribution in [0.1, 0.15) is 30.3 Å². The summed E-state index contributed by atoms with van der Waals surface area (Å²) in [7, 11) is 0. The van der Waals surface area contributed by atoms with E-state index < -0.39 is 0 Å². The summed E-state index contributed by atoms with van der Waals surface area (Å²) in [5, 5.41) is 4.67. The van der Waals surface area contributed by atoms with Crippen LogP contribution in [0, 0.1) is 13.8 Å². The minimum atomic E-state index is 0.582. The summed E-state index contributed by atoms with van der Waals surface area (Å²) < 4.78 is 0. The second-order valence-electron chi connectivity index (χ2n) is 4.54. The molecule has 3 nitrogen and oxygen atoms in total. The zero-order valence-electron chi connectivity index (χ0n) is 10.4. The van der Waals surface area contributed by atoms with Gasteiger partial charge in [0, 0.05) is 17.5 Å². The van der Waals surface area contributed by atoms with Crippen LogP contribution in [0.15, 0.2) is 0 Å². The van der Waals surface area contributed by atoms with Crippen molar-refractivity contribution in [1.29, 1.82) is 0 Å². The van der Waals surface area contributed by atoms with Gasteiger partial charge in [-0.05, 0) is 39.8 Å². The lowest BCUT2D eigenvalue weighted by atomic mass is 10.1. The number of piperidine rings is 1. The molecule has 1 aromatic heterocycles. The summed E-state index contributed by atoms with van der Waals surface area (Å²) in [5.41, 5.74) is 1.16. The van der Waals surface area contributed by atoms with Crippen LogP contribution in [0.4, 0.5) is 5.13 Å². The van der Waals surface area contributed by atoms with E-state index in [2.05, 4.69) is 36.0 Å². The van der Waals surface area contributed by atoms with Gasteiger partial charge in [0.2, 0.25) is 0 Å². The number of likely N-dealkylation sites (N-methyl/N-ethyl adjacent to an activating group) is 1. The van der Waals surface area contributed by atoms with Gasteiger partial charge in [-0.1, -0.05) is 6.92 Å². The molecule has 0 amide bonds. The third-order valence-corrected chi connectivity index (χ3v) is 4.31. The highest BCUT2D eigenvalue weighted by Crippen LogP contribution is 2.23. The number of nitrogens with one attached hydrogen (secondary N) is 1. The highest BCUT2D eigenvalue weighted by molar-refractivity contribution is 7.15. The molecule has 2 rings (SSSR count). The highest BCUT2D eigenvalue weighted by Gasteiger charge is 2.19. The molecule has 16 heavy (non-hydrogen) atoms. The van der Waals surface area contributed by atoms with Gasteiger partial charge in [0.25, 0.3) is 0 Å². The zero-order valence-corrected chi connectivity index (χ0v) is 11.2. The van der Waals surface area contributed by atoms with Crippen molar-refractivity contribution in [3.8, 4) is 0 Å².